The summed E-state index contributed by atoms with van der Waals surface area (Å²) < 4.78 is 30.6. The predicted octanol–water partition coefficient (Wildman–Crippen LogP) is 4.91. The maximum absolute atomic E-state index is 13.7. The Kier molecular flexibility index (Phi) is 7.81. The Labute approximate surface area is 229 Å². The first kappa shape index (κ1) is 27.4. The summed E-state index contributed by atoms with van der Waals surface area (Å²) in [6.45, 7) is 1.59. The van der Waals surface area contributed by atoms with Gasteiger partial charge in [0.1, 0.15) is 5.82 Å². The molecule has 3 fully saturated rings. The number of benzene rings is 1. The number of anilines is 4. The van der Waals surface area contributed by atoms with Crippen LogP contribution in [0.15, 0.2) is 30.3 Å². The second-order valence-electron chi connectivity index (χ2n) is 10.5. The summed E-state index contributed by atoms with van der Waals surface area (Å²) in [4.78, 5) is 32.5. The molecule has 1 aromatic carbocycles. The number of amides is 1. The molecule has 39 heavy (non-hydrogen) atoms. The molecular weight excluding hydrogens is 530 g/mol. The van der Waals surface area contributed by atoms with Crippen LogP contribution in [-0.2, 0) is 0 Å². The van der Waals surface area contributed by atoms with E-state index in [1.165, 1.54) is 41.8 Å². The van der Waals surface area contributed by atoms with E-state index < -0.39 is 29.6 Å². The summed E-state index contributed by atoms with van der Waals surface area (Å²) in [5, 5.41) is 23.5. The second-order valence-corrected chi connectivity index (χ2v) is 11.4. The molecule has 10 nitrogen and oxygen atoms in total. The van der Waals surface area contributed by atoms with Crippen LogP contribution in [-0.4, -0.2) is 65.4 Å². The normalized spacial score (nSPS) is 19.6. The molecule has 2 aliphatic heterocycles. The lowest BCUT2D eigenvalue weighted by Gasteiger charge is -2.35. The fraction of sp³-hybridized carbons (Fsp3) is 0.538. The van der Waals surface area contributed by atoms with Crippen LogP contribution in [0.1, 0.15) is 48.9 Å². The van der Waals surface area contributed by atoms with E-state index in [-0.39, 0.29) is 37.0 Å². The molecule has 3 N–H and O–H groups in total. The highest BCUT2D eigenvalue weighted by Crippen LogP contribution is 2.54. The lowest BCUT2D eigenvalue weighted by Crippen LogP contribution is -2.40. The number of alkyl halides is 2. The van der Waals surface area contributed by atoms with Gasteiger partial charge in [-0.1, -0.05) is 11.9 Å². The van der Waals surface area contributed by atoms with E-state index in [0.29, 0.717) is 16.7 Å². The molecular formula is C26H32F2N6O4S. The molecule has 3 aliphatic rings. The summed E-state index contributed by atoms with van der Waals surface area (Å²) in [6, 6.07) is 8.05. The Morgan fingerprint density at radius 2 is 1.74 bits per heavy atom. The quantitative estimate of drug-likeness (QED) is 0.169. The van der Waals surface area contributed by atoms with Crippen molar-refractivity contribution < 1.29 is 23.6 Å². The van der Waals surface area contributed by atoms with Crippen LogP contribution in [0.4, 0.5) is 37.5 Å². The van der Waals surface area contributed by atoms with Crippen LogP contribution in [0.2, 0.25) is 0 Å². The number of nitro groups is 1. The number of aromatic nitrogens is 1. The zero-order chi connectivity index (χ0) is 27.6. The van der Waals surface area contributed by atoms with Crippen molar-refractivity contribution in [2.45, 2.75) is 44.4 Å². The van der Waals surface area contributed by atoms with Gasteiger partial charge in [-0.05, 0) is 55.4 Å². The van der Waals surface area contributed by atoms with Crippen molar-refractivity contribution in [2.75, 3.05) is 58.4 Å². The largest absolute Gasteiger partial charge is 0.395 e. The van der Waals surface area contributed by atoms with Gasteiger partial charge >= 0.3 is 5.69 Å². The van der Waals surface area contributed by atoms with E-state index >= 15 is 0 Å². The Hall–Kier alpha value is -3.19. The summed E-state index contributed by atoms with van der Waals surface area (Å²) in [7, 11) is 0. The summed E-state index contributed by atoms with van der Waals surface area (Å²) >= 11 is 1.37. The van der Waals surface area contributed by atoms with Crippen molar-refractivity contribution in [1.82, 2.24) is 4.98 Å². The van der Waals surface area contributed by atoms with Gasteiger partial charge in [0.05, 0.1) is 22.8 Å². The Balaban J connectivity index is 1.38. The molecule has 0 bridgehead atoms. The third-order valence-electron chi connectivity index (χ3n) is 7.83. The number of aliphatic hydroxyl groups is 1. The van der Waals surface area contributed by atoms with Crippen molar-refractivity contribution in [2.24, 2.45) is 5.41 Å². The Morgan fingerprint density at radius 3 is 2.38 bits per heavy atom. The second kappa shape index (κ2) is 11.1. The summed E-state index contributed by atoms with van der Waals surface area (Å²) in [5.74, 6) is -2.62. The van der Waals surface area contributed by atoms with Crippen molar-refractivity contribution in [3.8, 4) is 0 Å². The fourth-order valence-corrected chi connectivity index (χ4v) is 5.73. The smallest absolute Gasteiger partial charge is 0.311 e. The molecule has 1 aliphatic carbocycles. The van der Waals surface area contributed by atoms with E-state index in [2.05, 4.69) is 19.9 Å². The number of rotatable bonds is 9. The number of nitrogens with one attached hydrogen (secondary N) is 2. The van der Waals surface area contributed by atoms with Crippen molar-refractivity contribution >= 4 is 46.6 Å². The number of hydrogen-bond acceptors (Lipinski definition) is 9. The zero-order valence-corrected chi connectivity index (χ0v) is 22.3. The number of hydrogen-bond donors (Lipinski definition) is 3. The van der Waals surface area contributed by atoms with Gasteiger partial charge in [-0.15, -0.1) is 0 Å². The fourth-order valence-electron chi connectivity index (χ4n) is 5.24. The minimum atomic E-state index is -2.81. The standard InChI is InChI=1S/C26H32F2N6O4S/c27-26(28)9-13-33(14-10-26)23-20(34(37)38)3-4-22(29-23)30-24(36)19-2-1-18(31-39-16-15-35)17-21(19)32-11-7-25(5-6-25)8-12-32/h1-4,17,31,35H,5-16H2,(H,29,30,36). The maximum Gasteiger partial charge on any atom is 0.311 e. The van der Waals surface area contributed by atoms with Crippen LogP contribution in [0.3, 0.4) is 0 Å². The van der Waals surface area contributed by atoms with Crippen molar-refractivity contribution in [3.63, 3.8) is 0 Å². The van der Waals surface area contributed by atoms with Crippen LogP contribution in [0.25, 0.3) is 0 Å². The number of piperidine rings is 2. The van der Waals surface area contributed by atoms with Gasteiger partial charge in [-0.25, -0.2) is 13.8 Å². The summed E-state index contributed by atoms with van der Waals surface area (Å²) in [5.41, 5.74) is 2.20. The maximum atomic E-state index is 13.7. The molecule has 0 unspecified atom stereocenters. The highest BCUT2D eigenvalue weighted by Gasteiger charge is 2.44. The first-order chi connectivity index (χ1) is 18.7. The van der Waals surface area contributed by atoms with Crippen molar-refractivity contribution in [3.05, 3.63) is 46.0 Å². The molecule has 1 saturated carbocycles. The van der Waals surface area contributed by atoms with E-state index in [4.69, 9.17) is 5.11 Å². The first-order valence-corrected chi connectivity index (χ1v) is 14.1. The van der Waals surface area contributed by atoms with Gasteiger partial charge in [0.15, 0.2) is 0 Å². The number of pyridine rings is 1. The molecule has 1 amide bonds. The van der Waals surface area contributed by atoms with Crippen LogP contribution in [0.5, 0.6) is 0 Å². The van der Waals surface area contributed by atoms with Crippen molar-refractivity contribution in [1.29, 1.82) is 0 Å². The lowest BCUT2D eigenvalue weighted by atomic mass is 9.93. The molecule has 3 heterocycles. The van der Waals surface area contributed by atoms with E-state index in [9.17, 15) is 23.7 Å². The molecule has 1 spiro atoms. The number of carbonyl (C=O) groups is 1. The van der Waals surface area contributed by atoms with E-state index in [1.807, 2.05) is 6.07 Å². The van der Waals surface area contributed by atoms with Crippen LogP contribution < -0.4 is 19.8 Å². The SMILES string of the molecule is O=C(Nc1ccc([N+](=O)[O-])c(N2CCC(F)(F)CC2)n1)c1ccc(NSCCO)cc1N1CCC2(CC1)CC2. The van der Waals surface area contributed by atoms with Crippen LogP contribution >= 0.6 is 11.9 Å². The highest BCUT2D eigenvalue weighted by atomic mass is 32.2. The number of halogens is 2. The molecule has 0 radical (unpaired) electrons. The van der Waals surface area contributed by atoms with Gasteiger partial charge in [-0.3, -0.25) is 14.9 Å². The Bertz CT molecular complexity index is 1220. The van der Waals surface area contributed by atoms with Gasteiger partial charge in [0.2, 0.25) is 5.82 Å². The molecule has 210 valence electrons. The summed E-state index contributed by atoms with van der Waals surface area (Å²) in [6.07, 6.45) is 3.84. The third-order valence-corrected chi connectivity index (χ3v) is 8.60. The molecule has 13 heteroatoms. The topological polar surface area (TPSA) is 124 Å². The van der Waals surface area contributed by atoms with Gasteiger partial charge in [0, 0.05) is 56.5 Å². The minimum Gasteiger partial charge on any atom is -0.395 e. The lowest BCUT2D eigenvalue weighted by molar-refractivity contribution is -0.384. The zero-order valence-electron chi connectivity index (χ0n) is 21.5. The van der Waals surface area contributed by atoms with Gasteiger partial charge < -0.3 is 24.9 Å². The molecule has 0 atom stereocenters. The van der Waals surface area contributed by atoms with E-state index in [0.717, 1.165) is 37.3 Å². The number of carbonyl (C=O) groups excluding carboxylic acids is 1. The third kappa shape index (κ3) is 6.35. The molecule has 2 aromatic rings. The average Bonchev–Trinajstić information content (AvgIpc) is 3.67. The minimum absolute atomic E-state index is 0.0280. The monoisotopic (exact) mass is 562 g/mol. The van der Waals surface area contributed by atoms with Gasteiger partial charge in [-0.2, -0.15) is 0 Å². The molecule has 2 saturated heterocycles. The molecule has 5 rings (SSSR count). The predicted molar refractivity (Wildman–Crippen MR) is 148 cm³/mol. The first-order valence-electron chi connectivity index (χ1n) is 13.2. The average molecular weight is 563 g/mol. The highest BCUT2D eigenvalue weighted by molar-refractivity contribution is 8.00. The molecule has 1 aromatic heterocycles. The van der Waals surface area contributed by atoms with E-state index in [1.54, 1.807) is 12.1 Å². The van der Waals surface area contributed by atoms with Gasteiger partial charge in [0.25, 0.3) is 11.8 Å². The number of nitrogens with zero attached hydrogens (tertiary/aromatic N) is 4. The Morgan fingerprint density at radius 1 is 1.05 bits per heavy atom. The number of aliphatic hydroxyl groups excluding tert-OH is 1. The van der Waals surface area contributed by atoms with Crippen LogP contribution in [0, 0.1) is 15.5 Å².